The topological polar surface area (TPSA) is 63.7 Å². The third-order valence-corrected chi connectivity index (χ3v) is 5.89. The molecule has 0 fully saturated rings. The quantitative estimate of drug-likeness (QED) is 0.267. The first-order valence-electron chi connectivity index (χ1n) is 9.71. The molecule has 0 bridgehead atoms. The molecule has 5 nitrogen and oxygen atoms in total. The number of nitrogens with zero attached hydrogens (tertiary/aromatic N) is 1. The van der Waals surface area contributed by atoms with Gasteiger partial charge in [-0.15, -0.1) is 0 Å². The van der Waals surface area contributed by atoms with Crippen LogP contribution >= 0.6 is 0 Å². The number of hydrogen-bond donors (Lipinski definition) is 0. The molecule has 0 aromatic heterocycles. The molecule has 2 rings (SSSR count). The van der Waals surface area contributed by atoms with E-state index in [-0.39, 0.29) is 17.4 Å². The fourth-order valence-corrected chi connectivity index (χ4v) is 3.87. The van der Waals surface area contributed by atoms with Crippen LogP contribution in [0, 0.1) is 18.9 Å². The highest BCUT2D eigenvalue weighted by Crippen LogP contribution is 2.18. The van der Waals surface area contributed by atoms with Crippen molar-refractivity contribution in [1.29, 1.82) is 0 Å². The first-order chi connectivity index (χ1) is 13.9. The number of sulfonamides is 1. The molecule has 2 aromatic carbocycles. The van der Waals surface area contributed by atoms with E-state index in [0.29, 0.717) is 32.3 Å². The average Bonchev–Trinajstić information content (AvgIpc) is 2.71. The summed E-state index contributed by atoms with van der Waals surface area (Å²) in [5.74, 6) is 2.73. The van der Waals surface area contributed by atoms with Crippen LogP contribution in [0.15, 0.2) is 59.5 Å². The maximum absolute atomic E-state index is 13.1. The van der Waals surface area contributed by atoms with Crippen LogP contribution in [0.1, 0.15) is 43.7 Å². The molecule has 6 heteroatoms. The normalized spacial score (nSPS) is 10.7. The monoisotopic (exact) mass is 413 g/mol. The summed E-state index contributed by atoms with van der Waals surface area (Å²) < 4.78 is 32.3. The minimum atomic E-state index is -3.74. The number of unbranched alkanes of at least 4 members (excludes halogenated alkanes) is 2. The van der Waals surface area contributed by atoms with Crippen molar-refractivity contribution < 1.29 is 17.9 Å². The number of esters is 1. The predicted molar refractivity (Wildman–Crippen MR) is 113 cm³/mol. The Kier molecular flexibility index (Phi) is 8.75. The van der Waals surface area contributed by atoms with Crippen LogP contribution < -0.4 is 0 Å². The second-order valence-corrected chi connectivity index (χ2v) is 8.47. The van der Waals surface area contributed by atoms with Crippen molar-refractivity contribution >= 4 is 16.0 Å². The third kappa shape index (κ3) is 7.28. The van der Waals surface area contributed by atoms with Crippen molar-refractivity contribution in [3.05, 3.63) is 65.7 Å². The summed E-state index contributed by atoms with van der Waals surface area (Å²) in [6.45, 7) is 4.24. The molecule has 0 saturated carbocycles. The zero-order valence-electron chi connectivity index (χ0n) is 16.9. The van der Waals surface area contributed by atoms with Crippen molar-refractivity contribution in [3.63, 3.8) is 0 Å². The van der Waals surface area contributed by atoms with Gasteiger partial charge in [-0.1, -0.05) is 53.9 Å². The fourth-order valence-electron chi connectivity index (χ4n) is 2.63. The summed E-state index contributed by atoms with van der Waals surface area (Å²) >= 11 is 0. The van der Waals surface area contributed by atoms with E-state index in [0.717, 1.165) is 11.1 Å². The molecule has 0 aliphatic heterocycles. The molecule has 0 saturated heterocycles. The lowest BCUT2D eigenvalue weighted by molar-refractivity contribution is -0.143. The maximum atomic E-state index is 13.1. The Morgan fingerprint density at radius 2 is 1.72 bits per heavy atom. The van der Waals surface area contributed by atoms with Crippen LogP contribution in [0.4, 0.5) is 0 Å². The number of hydrogen-bond acceptors (Lipinski definition) is 4. The van der Waals surface area contributed by atoms with Crippen LogP contribution in [0.25, 0.3) is 0 Å². The van der Waals surface area contributed by atoms with Crippen molar-refractivity contribution in [3.8, 4) is 12.0 Å². The number of benzene rings is 2. The second-order valence-electron chi connectivity index (χ2n) is 6.61. The minimum absolute atomic E-state index is 0.173. The highest BCUT2D eigenvalue weighted by atomic mass is 32.2. The fraction of sp³-hybridized carbons (Fsp3) is 0.348. The SMILES string of the molecule is CCOC(=O)CCCCC#CN(Cc1ccccc1)S(=O)(=O)c1ccc(C)cc1. The van der Waals surface area contributed by atoms with Gasteiger partial charge in [-0.3, -0.25) is 4.79 Å². The Balaban J connectivity index is 2.10. The van der Waals surface area contributed by atoms with Gasteiger partial charge in [0.2, 0.25) is 0 Å². The number of aryl methyl sites for hydroxylation is 1. The number of carbonyl (C=O) groups is 1. The van der Waals surface area contributed by atoms with Gasteiger partial charge in [0.1, 0.15) is 0 Å². The van der Waals surface area contributed by atoms with E-state index in [1.165, 1.54) is 4.31 Å². The van der Waals surface area contributed by atoms with Crippen LogP contribution in [-0.2, 0) is 26.1 Å². The lowest BCUT2D eigenvalue weighted by Gasteiger charge is -2.18. The molecule has 0 aliphatic carbocycles. The summed E-state index contributed by atoms with van der Waals surface area (Å²) in [6.07, 6.45) is 2.23. The molecule has 0 amide bonds. The van der Waals surface area contributed by atoms with E-state index >= 15 is 0 Å². The number of rotatable bonds is 9. The van der Waals surface area contributed by atoms with Crippen molar-refractivity contribution in [2.24, 2.45) is 0 Å². The van der Waals surface area contributed by atoms with Crippen LogP contribution in [0.3, 0.4) is 0 Å². The van der Waals surface area contributed by atoms with E-state index in [4.69, 9.17) is 4.74 Å². The summed E-state index contributed by atoms with van der Waals surface area (Å²) in [6, 6.07) is 18.9. The van der Waals surface area contributed by atoms with Crippen LogP contribution in [0.5, 0.6) is 0 Å². The molecule has 0 spiro atoms. The van der Waals surface area contributed by atoms with Gasteiger partial charge in [0.15, 0.2) is 0 Å². The molecular weight excluding hydrogens is 386 g/mol. The summed E-state index contributed by atoms with van der Waals surface area (Å²) in [5, 5.41) is 0. The molecule has 0 unspecified atom stereocenters. The Hall–Kier alpha value is -2.78. The van der Waals surface area contributed by atoms with E-state index in [2.05, 4.69) is 12.0 Å². The van der Waals surface area contributed by atoms with Gasteiger partial charge in [-0.2, -0.15) is 0 Å². The van der Waals surface area contributed by atoms with Gasteiger partial charge in [0, 0.05) is 18.9 Å². The van der Waals surface area contributed by atoms with E-state index in [9.17, 15) is 13.2 Å². The highest BCUT2D eigenvalue weighted by molar-refractivity contribution is 7.89. The molecule has 0 radical (unpaired) electrons. The zero-order valence-corrected chi connectivity index (χ0v) is 17.7. The van der Waals surface area contributed by atoms with Crippen LogP contribution in [-0.4, -0.2) is 25.3 Å². The molecule has 0 aliphatic rings. The first kappa shape index (κ1) is 22.5. The highest BCUT2D eigenvalue weighted by Gasteiger charge is 2.22. The molecule has 154 valence electrons. The summed E-state index contributed by atoms with van der Waals surface area (Å²) in [7, 11) is -3.74. The second kappa shape index (κ2) is 11.3. The predicted octanol–water partition coefficient (Wildman–Crippen LogP) is 4.27. The smallest absolute Gasteiger partial charge is 0.305 e. The average molecular weight is 414 g/mol. The molecule has 0 atom stereocenters. The van der Waals surface area contributed by atoms with Gasteiger partial charge in [-0.05, 0) is 44.4 Å². The standard InChI is InChI=1S/C23H27NO4S/c1-3-28-23(25)13-9-4-5-10-18-24(19-21-11-7-6-8-12-21)29(26,27)22-16-14-20(2)15-17-22/h6-8,11-12,14-17H,3-5,9,13,19H2,1-2H3. The van der Waals surface area contributed by atoms with E-state index < -0.39 is 10.0 Å². The maximum Gasteiger partial charge on any atom is 0.305 e. The summed E-state index contributed by atoms with van der Waals surface area (Å²) in [5.41, 5.74) is 1.85. The van der Waals surface area contributed by atoms with E-state index in [1.807, 2.05) is 37.3 Å². The van der Waals surface area contributed by atoms with Crippen molar-refractivity contribution in [2.45, 2.75) is 51.0 Å². The van der Waals surface area contributed by atoms with Gasteiger partial charge in [0.05, 0.1) is 18.0 Å². The summed E-state index contributed by atoms with van der Waals surface area (Å²) in [4.78, 5) is 11.6. The molecular formula is C23H27NO4S. The van der Waals surface area contributed by atoms with E-state index in [1.54, 1.807) is 31.2 Å². The lowest BCUT2D eigenvalue weighted by Crippen LogP contribution is -2.26. The van der Waals surface area contributed by atoms with Gasteiger partial charge in [0.25, 0.3) is 10.0 Å². The number of carbonyl (C=O) groups excluding carboxylic acids is 1. The Labute approximate surface area is 173 Å². The van der Waals surface area contributed by atoms with Crippen LogP contribution in [0.2, 0.25) is 0 Å². The van der Waals surface area contributed by atoms with Gasteiger partial charge in [-0.25, -0.2) is 12.7 Å². The largest absolute Gasteiger partial charge is 0.466 e. The Morgan fingerprint density at radius 1 is 1.03 bits per heavy atom. The van der Waals surface area contributed by atoms with Crippen molar-refractivity contribution in [1.82, 2.24) is 4.31 Å². The van der Waals surface area contributed by atoms with Crippen molar-refractivity contribution in [2.75, 3.05) is 6.61 Å². The Bertz CT molecular complexity index is 942. The third-order valence-electron chi connectivity index (χ3n) is 4.22. The lowest BCUT2D eigenvalue weighted by atomic mass is 10.2. The Morgan fingerprint density at radius 3 is 2.38 bits per heavy atom. The molecule has 0 N–H and O–H groups in total. The molecule has 29 heavy (non-hydrogen) atoms. The first-order valence-corrected chi connectivity index (χ1v) is 11.1. The van der Waals surface area contributed by atoms with Gasteiger partial charge >= 0.3 is 5.97 Å². The molecule has 2 aromatic rings. The minimum Gasteiger partial charge on any atom is -0.466 e. The number of ether oxygens (including phenoxy) is 1. The van der Waals surface area contributed by atoms with Gasteiger partial charge < -0.3 is 4.74 Å². The zero-order chi connectivity index (χ0) is 21.1. The molecule has 0 heterocycles.